The van der Waals surface area contributed by atoms with Crippen LogP contribution < -0.4 is 0 Å². The second-order valence-corrected chi connectivity index (χ2v) is 6.18. The zero-order chi connectivity index (χ0) is 13.4. The van der Waals surface area contributed by atoms with Gasteiger partial charge >= 0.3 is 0 Å². The molecule has 1 rings (SSSR count). The Morgan fingerprint density at radius 2 is 1.61 bits per heavy atom. The van der Waals surface area contributed by atoms with Gasteiger partial charge in [0.25, 0.3) is 0 Å². The number of aromatic hydroxyl groups is 1. The normalized spacial score (nSPS) is 10.8. The predicted molar refractivity (Wildman–Crippen MR) is 79.3 cm³/mol. The summed E-state index contributed by atoms with van der Waals surface area (Å²) in [5, 5.41) is 27.5. The minimum absolute atomic E-state index is 0.163. The van der Waals surface area contributed by atoms with Crippen LogP contribution in [0, 0.1) is 6.92 Å². The molecule has 1 aromatic carbocycles. The van der Waals surface area contributed by atoms with Gasteiger partial charge in [0.2, 0.25) is 0 Å². The van der Waals surface area contributed by atoms with Gasteiger partial charge in [-0.2, -0.15) is 23.5 Å². The second-order valence-electron chi connectivity index (χ2n) is 3.97. The number of rotatable bonds is 8. The summed E-state index contributed by atoms with van der Waals surface area (Å²) in [7, 11) is 0. The molecular formula is C13H20O3S2. The van der Waals surface area contributed by atoms with Gasteiger partial charge in [-0.15, -0.1) is 0 Å². The topological polar surface area (TPSA) is 60.7 Å². The molecule has 102 valence electrons. The Labute approximate surface area is 117 Å². The zero-order valence-corrected chi connectivity index (χ0v) is 12.2. The second kappa shape index (κ2) is 8.69. The molecule has 0 fully saturated rings. The first kappa shape index (κ1) is 15.7. The molecule has 18 heavy (non-hydrogen) atoms. The lowest BCUT2D eigenvalue weighted by Gasteiger charge is -2.10. The fraction of sp³-hybridized carbons (Fsp3) is 0.538. The number of aliphatic hydroxyl groups is 2. The van der Waals surface area contributed by atoms with Crippen LogP contribution in [0.15, 0.2) is 12.1 Å². The summed E-state index contributed by atoms with van der Waals surface area (Å²) < 4.78 is 0. The van der Waals surface area contributed by atoms with E-state index in [2.05, 4.69) is 0 Å². The third-order valence-electron chi connectivity index (χ3n) is 2.44. The Morgan fingerprint density at radius 1 is 1.00 bits per heavy atom. The summed E-state index contributed by atoms with van der Waals surface area (Å²) in [6.07, 6.45) is 0. The molecule has 0 aliphatic carbocycles. The molecule has 0 aliphatic heterocycles. The third-order valence-corrected chi connectivity index (χ3v) is 4.43. The Bertz CT molecular complexity index is 369. The highest BCUT2D eigenvalue weighted by Gasteiger charge is 2.07. The van der Waals surface area contributed by atoms with E-state index in [0.717, 1.165) is 22.6 Å². The summed E-state index contributed by atoms with van der Waals surface area (Å²) in [6.45, 7) is 2.26. The zero-order valence-electron chi connectivity index (χ0n) is 10.6. The Hall–Kier alpha value is -0.360. The van der Waals surface area contributed by atoms with Crippen molar-refractivity contribution in [2.75, 3.05) is 24.7 Å². The number of hydrogen-bond acceptors (Lipinski definition) is 5. The van der Waals surface area contributed by atoms with Crippen molar-refractivity contribution in [3.05, 3.63) is 28.8 Å². The van der Waals surface area contributed by atoms with E-state index in [9.17, 15) is 5.11 Å². The number of benzene rings is 1. The minimum atomic E-state index is 0.163. The van der Waals surface area contributed by atoms with Crippen molar-refractivity contribution in [2.24, 2.45) is 0 Å². The number of aryl methyl sites for hydroxylation is 1. The van der Waals surface area contributed by atoms with Gasteiger partial charge in [-0.3, -0.25) is 0 Å². The van der Waals surface area contributed by atoms with Crippen molar-refractivity contribution < 1.29 is 15.3 Å². The Balaban J connectivity index is 2.69. The predicted octanol–water partition coefficient (Wildman–Crippen LogP) is 2.15. The van der Waals surface area contributed by atoms with Gasteiger partial charge in [-0.1, -0.05) is 12.1 Å². The molecule has 3 nitrogen and oxygen atoms in total. The van der Waals surface area contributed by atoms with Crippen LogP contribution in [0.4, 0.5) is 0 Å². The van der Waals surface area contributed by atoms with Gasteiger partial charge in [-0.05, 0) is 18.1 Å². The van der Waals surface area contributed by atoms with Gasteiger partial charge in [0.05, 0.1) is 13.2 Å². The van der Waals surface area contributed by atoms with Crippen molar-refractivity contribution in [1.82, 2.24) is 0 Å². The molecule has 0 amide bonds. The van der Waals surface area contributed by atoms with Crippen molar-refractivity contribution in [1.29, 1.82) is 0 Å². The van der Waals surface area contributed by atoms with E-state index in [1.165, 1.54) is 5.56 Å². The molecule has 0 saturated carbocycles. The molecule has 0 spiro atoms. The van der Waals surface area contributed by atoms with Gasteiger partial charge in [0, 0.05) is 28.6 Å². The van der Waals surface area contributed by atoms with E-state index < -0.39 is 0 Å². The molecular weight excluding hydrogens is 268 g/mol. The van der Waals surface area contributed by atoms with E-state index in [-0.39, 0.29) is 13.2 Å². The van der Waals surface area contributed by atoms with Crippen LogP contribution in [-0.2, 0) is 11.5 Å². The van der Waals surface area contributed by atoms with Crippen LogP contribution >= 0.6 is 23.5 Å². The largest absolute Gasteiger partial charge is 0.507 e. The Kier molecular flexibility index (Phi) is 7.58. The first-order valence-corrected chi connectivity index (χ1v) is 8.18. The highest BCUT2D eigenvalue weighted by molar-refractivity contribution is 7.98. The maximum Gasteiger partial charge on any atom is 0.122 e. The maximum atomic E-state index is 9.97. The number of thioether (sulfide) groups is 2. The van der Waals surface area contributed by atoms with Gasteiger partial charge in [0.1, 0.15) is 5.75 Å². The molecule has 1 aromatic rings. The first-order valence-electron chi connectivity index (χ1n) is 5.87. The standard InChI is InChI=1S/C13H20O3S2/c1-10-6-11(8-17-4-2-14)7-12(13(10)16)9-18-5-3-15/h6-7,14-16H,2-5,8-9H2,1H3. The average molecular weight is 288 g/mol. The molecule has 0 aliphatic rings. The smallest absolute Gasteiger partial charge is 0.122 e. The van der Waals surface area contributed by atoms with Gasteiger partial charge in [0.15, 0.2) is 0 Å². The molecule has 5 heteroatoms. The van der Waals surface area contributed by atoms with Gasteiger partial charge in [-0.25, -0.2) is 0 Å². The number of phenols is 1. The van der Waals surface area contributed by atoms with E-state index >= 15 is 0 Å². The highest BCUT2D eigenvalue weighted by atomic mass is 32.2. The maximum absolute atomic E-state index is 9.97. The summed E-state index contributed by atoms with van der Waals surface area (Å²) in [6, 6.07) is 4.00. The van der Waals surface area contributed by atoms with E-state index in [1.807, 2.05) is 19.1 Å². The molecule has 0 heterocycles. The van der Waals surface area contributed by atoms with Crippen LogP contribution in [0.5, 0.6) is 5.75 Å². The fourth-order valence-corrected chi connectivity index (χ4v) is 3.02. The SMILES string of the molecule is Cc1cc(CSCCO)cc(CSCCO)c1O. The van der Waals surface area contributed by atoms with Gasteiger partial charge < -0.3 is 15.3 Å². The molecule has 3 N–H and O–H groups in total. The Morgan fingerprint density at radius 3 is 2.22 bits per heavy atom. The molecule has 0 atom stereocenters. The van der Waals surface area contributed by atoms with Crippen LogP contribution in [0.3, 0.4) is 0 Å². The van der Waals surface area contributed by atoms with Crippen molar-refractivity contribution >= 4 is 23.5 Å². The average Bonchev–Trinajstić information content (AvgIpc) is 2.35. The highest BCUT2D eigenvalue weighted by Crippen LogP contribution is 2.28. The first-order chi connectivity index (χ1) is 8.69. The molecule has 0 aromatic heterocycles. The fourth-order valence-electron chi connectivity index (χ4n) is 1.63. The molecule has 0 unspecified atom stereocenters. The molecule has 0 bridgehead atoms. The monoisotopic (exact) mass is 288 g/mol. The van der Waals surface area contributed by atoms with Crippen molar-refractivity contribution in [2.45, 2.75) is 18.4 Å². The van der Waals surface area contributed by atoms with Crippen LogP contribution in [0.1, 0.15) is 16.7 Å². The number of phenolic OH excluding ortho intramolecular Hbond substituents is 1. The van der Waals surface area contributed by atoms with E-state index in [0.29, 0.717) is 17.3 Å². The van der Waals surface area contributed by atoms with Crippen LogP contribution in [0.2, 0.25) is 0 Å². The lowest BCUT2D eigenvalue weighted by Crippen LogP contribution is -1.94. The summed E-state index contributed by atoms with van der Waals surface area (Å²) in [5.74, 6) is 3.33. The lowest BCUT2D eigenvalue weighted by molar-refractivity contribution is 0.322. The summed E-state index contributed by atoms with van der Waals surface area (Å²) in [4.78, 5) is 0. The number of hydrogen-bond donors (Lipinski definition) is 3. The van der Waals surface area contributed by atoms with Crippen molar-refractivity contribution in [3.63, 3.8) is 0 Å². The molecule has 0 radical (unpaired) electrons. The lowest BCUT2D eigenvalue weighted by atomic mass is 10.1. The number of aliphatic hydroxyl groups excluding tert-OH is 2. The van der Waals surface area contributed by atoms with Crippen LogP contribution in [-0.4, -0.2) is 40.0 Å². The quantitative estimate of drug-likeness (QED) is 0.640. The van der Waals surface area contributed by atoms with E-state index in [4.69, 9.17) is 10.2 Å². The van der Waals surface area contributed by atoms with Crippen molar-refractivity contribution in [3.8, 4) is 5.75 Å². The summed E-state index contributed by atoms with van der Waals surface area (Å²) in [5.41, 5.74) is 2.98. The van der Waals surface area contributed by atoms with Crippen LogP contribution in [0.25, 0.3) is 0 Å². The molecule has 0 saturated heterocycles. The third kappa shape index (κ3) is 5.10. The summed E-state index contributed by atoms with van der Waals surface area (Å²) >= 11 is 3.29. The van der Waals surface area contributed by atoms with E-state index in [1.54, 1.807) is 23.5 Å². The minimum Gasteiger partial charge on any atom is -0.507 e.